The molecule has 0 aliphatic heterocycles. The van der Waals surface area contributed by atoms with Crippen LogP contribution in [0, 0.1) is 11.3 Å². The van der Waals surface area contributed by atoms with Gasteiger partial charge < -0.3 is 5.73 Å². The topological polar surface area (TPSA) is 93.4 Å². The first-order valence-corrected chi connectivity index (χ1v) is 5.24. The fraction of sp³-hybridized carbons (Fsp3) is 0. The van der Waals surface area contributed by atoms with E-state index in [9.17, 15) is 0 Å². The first-order chi connectivity index (χ1) is 8.79. The number of anilines is 1. The number of nitrogens with zero attached hydrogens (tertiary/aromatic N) is 5. The highest BCUT2D eigenvalue weighted by Gasteiger charge is 2.08. The largest absolute Gasteiger partial charge is 0.383 e. The number of rotatable bonds is 1. The highest BCUT2D eigenvalue weighted by molar-refractivity contribution is 5.85. The molecule has 0 atom stereocenters. The summed E-state index contributed by atoms with van der Waals surface area (Å²) < 4.78 is 1.66. The summed E-state index contributed by atoms with van der Waals surface area (Å²) in [5.41, 5.74) is 7.81. The van der Waals surface area contributed by atoms with E-state index in [2.05, 4.69) is 21.1 Å². The molecular weight excluding hydrogens is 228 g/mol. The van der Waals surface area contributed by atoms with Gasteiger partial charge >= 0.3 is 0 Å². The molecule has 2 N–H and O–H groups in total. The SMILES string of the molecule is N#Cc1ccc(-n2ncc3c(N)ncnc32)cc1. The maximum atomic E-state index is 8.76. The Morgan fingerprint density at radius 1 is 1.17 bits per heavy atom. The fourth-order valence-electron chi connectivity index (χ4n) is 1.73. The Hall–Kier alpha value is -2.94. The first kappa shape index (κ1) is 10.2. The lowest BCUT2D eigenvalue weighted by molar-refractivity contribution is 0.895. The first-order valence-electron chi connectivity index (χ1n) is 5.24. The molecule has 3 rings (SSSR count). The smallest absolute Gasteiger partial charge is 0.168 e. The summed E-state index contributed by atoms with van der Waals surface area (Å²) in [6, 6.07) is 9.15. The van der Waals surface area contributed by atoms with Crippen LogP contribution in [0.15, 0.2) is 36.8 Å². The van der Waals surface area contributed by atoms with Gasteiger partial charge in [-0.1, -0.05) is 0 Å². The molecule has 0 unspecified atom stereocenters. The molecule has 0 spiro atoms. The molecule has 0 bridgehead atoms. The number of nitrogens with two attached hydrogens (primary N) is 1. The summed E-state index contributed by atoms with van der Waals surface area (Å²) in [5, 5.41) is 13.7. The molecule has 0 fully saturated rings. The molecule has 0 aliphatic carbocycles. The van der Waals surface area contributed by atoms with Crippen molar-refractivity contribution >= 4 is 16.9 Å². The Bertz CT molecular complexity index is 750. The summed E-state index contributed by atoms with van der Waals surface area (Å²) in [5.74, 6) is 0.403. The van der Waals surface area contributed by atoms with Gasteiger partial charge in [0.05, 0.1) is 28.9 Å². The second-order valence-electron chi connectivity index (χ2n) is 3.71. The Kier molecular flexibility index (Phi) is 2.17. The summed E-state index contributed by atoms with van der Waals surface area (Å²) >= 11 is 0. The van der Waals surface area contributed by atoms with Crippen LogP contribution in [0.2, 0.25) is 0 Å². The minimum absolute atomic E-state index is 0.403. The lowest BCUT2D eigenvalue weighted by atomic mass is 10.2. The van der Waals surface area contributed by atoms with Crippen molar-refractivity contribution in [1.29, 1.82) is 5.26 Å². The van der Waals surface area contributed by atoms with Crippen LogP contribution >= 0.6 is 0 Å². The average molecular weight is 236 g/mol. The molecule has 6 heteroatoms. The molecule has 86 valence electrons. The van der Waals surface area contributed by atoms with E-state index >= 15 is 0 Å². The Morgan fingerprint density at radius 3 is 2.67 bits per heavy atom. The summed E-state index contributed by atoms with van der Waals surface area (Å²) in [4.78, 5) is 8.08. The molecule has 2 aromatic heterocycles. The molecule has 6 nitrogen and oxygen atoms in total. The summed E-state index contributed by atoms with van der Waals surface area (Å²) in [6.45, 7) is 0. The van der Waals surface area contributed by atoms with Crippen LogP contribution in [0.3, 0.4) is 0 Å². The number of nitriles is 1. The van der Waals surface area contributed by atoms with Crippen LogP contribution in [0.1, 0.15) is 5.56 Å². The van der Waals surface area contributed by atoms with Crippen molar-refractivity contribution in [2.75, 3.05) is 5.73 Å². The van der Waals surface area contributed by atoms with E-state index in [-0.39, 0.29) is 0 Å². The molecule has 0 amide bonds. The molecule has 0 saturated heterocycles. The molecule has 3 aromatic rings. The van der Waals surface area contributed by atoms with E-state index in [0.717, 1.165) is 5.69 Å². The van der Waals surface area contributed by atoms with Gasteiger partial charge in [0.1, 0.15) is 12.1 Å². The third-order valence-corrected chi connectivity index (χ3v) is 2.64. The zero-order valence-electron chi connectivity index (χ0n) is 9.28. The van der Waals surface area contributed by atoms with Crippen LogP contribution in [0.4, 0.5) is 5.82 Å². The van der Waals surface area contributed by atoms with E-state index < -0.39 is 0 Å². The van der Waals surface area contributed by atoms with Gasteiger partial charge in [-0.15, -0.1) is 0 Å². The monoisotopic (exact) mass is 236 g/mol. The average Bonchev–Trinajstić information content (AvgIpc) is 2.84. The maximum Gasteiger partial charge on any atom is 0.168 e. The minimum atomic E-state index is 0.403. The summed E-state index contributed by atoms with van der Waals surface area (Å²) in [7, 11) is 0. The molecule has 0 saturated carbocycles. The number of nitrogen functional groups attached to an aromatic ring is 1. The zero-order chi connectivity index (χ0) is 12.5. The van der Waals surface area contributed by atoms with Crippen molar-refractivity contribution in [1.82, 2.24) is 19.7 Å². The summed E-state index contributed by atoms with van der Waals surface area (Å²) in [6.07, 6.45) is 3.03. The van der Waals surface area contributed by atoms with Gasteiger partial charge in [-0.25, -0.2) is 14.6 Å². The van der Waals surface area contributed by atoms with E-state index in [4.69, 9.17) is 11.0 Å². The van der Waals surface area contributed by atoms with Crippen LogP contribution in [0.5, 0.6) is 0 Å². The fourth-order valence-corrected chi connectivity index (χ4v) is 1.73. The van der Waals surface area contributed by atoms with Crippen molar-refractivity contribution in [3.63, 3.8) is 0 Å². The van der Waals surface area contributed by atoms with Crippen molar-refractivity contribution in [3.05, 3.63) is 42.4 Å². The number of aromatic nitrogens is 4. The van der Waals surface area contributed by atoms with Crippen molar-refractivity contribution in [2.45, 2.75) is 0 Å². The highest BCUT2D eigenvalue weighted by Crippen LogP contribution is 2.19. The molecule has 18 heavy (non-hydrogen) atoms. The molecule has 0 radical (unpaired) electrons. The number of fused-ring (bicyclic) bond motifs is 1. The minimum Gasteiger partial charge on any atom is -0.383 e. The van der Waals surface area contributed by atoms with Crippen LogP contribution in [-0.2, 0) is 0 Å². The van der Waals surface area contributed by atoms with E-state index in [0.29, 0.717) is 22.4 Å². The lowest BCUT2D eigenvalue weighted by Gasteiger charge is -2.02. The predicted octanol–water partition coefficient (Wildman–Crippen LogP) is 1.27. The standard InChI is InChI=1S/C12H8N6/c13-5-8-1-3-9(4-2-8)18-12-10(6-17-18)11(14)15-7-16-12/h1-4,6-7H,(H2,14,15,16). The third-order valence-electron chi connectivity index (χ3n) is 2.64. The predicted molar refractivity (Wildman–Crippen MR) is 65.8 cm³/mol. The van der Waals surface area contributed by atoms with Gasteiger partial charge in [0.2, 0.25) is 0 Å². The number of hydrogen-bond acceptors (Lipinski definition) is 5. The van der Waals surface area contributed by atoms with E-state index in [1.54, 1.807) is 23.0 Å². The van der Waals surface area contributed by atoms with Crippen molar-refractivity contribution in [3.8, 4) is 11.8 Å². The van der Waals surface area contributed by atoms with Crippen LogP contribution < -0.4 is 5.73 Å². The Labute approximate surface area is 102 Å². The molecule has 1 aromatic carbocycles. The number of hydrogen-bond donors (Lipinski definition) is 1. The second kappa shape index (κ2) is 3.82. The van der Waals surface area contributed by atoms with E-state index in [1.165, 1.54) is 6.33 Å². The Morgan fingerprint density at radius 2 is 1.94 bits per heavy atom. The highest BCUT2D eigenvalue weighted by atomic mass is 15.3. The molecule has 0 aliphatic rings. The van der Waals surface area contributed by atoms with Gasteiger partial charge in [0, 0.05) is 0 Å². The van der Waals surface area contributed by atoms with Crippen LogP contribution in [-0.4, -0.2) is 19.7 Å². The van der Waals surface area contributed by atoms with Gasteiger partial charge in [-0.3, -0.25) is 0 Å². The zero-order valence-corrected chi connectivity index (χ0v) is 9.28. The number of benzene rings is 1. The lowest BCUT2D eigenvalue weighted by Crippen LogP contribution is -1.99. The Balaban J connectivity index is 2.20. The maximum absolute atomic E-state index is 8.76. The van der Waals surface area contributed by atoms with E-state index in [1.807, 2.05) is 12.1 Å². The van der Waals surface area contributed by atoms with Crippen molar-refractivity contribution < 1.29 is 0 Å². The van der Waals surface area contributed by atoms with Crippen LogP contribution in [0.25, 0.3) is 16.7 Å². The quantitative estimate of drug-likeness (QED) is 0.686. The normalized spacial score (nSPS) is 10.4. The third kappa shape index (κ3) is 1.46. The second-order valence-corrected chi connectivity index (χ2v) is 3.71. The van der Waals surface area contributed by atoms with Gasteiger partial charge in [-0.05, 0) is 24.3 Å². The van der Waals surface area contributed by atoms with Gasteiger partial charge in [0.15, 0.2) is 5.65 Å². The van der Waals surface area contributed by atoms with Crippen molar-refractivity contribution in [2.24, 2.45) is 0 Å². The molecular formula is C12H8N6. The molecule has 2 heterocycles. The van der Waals surface area contributed by atoms with Gasteiger partial charge in [-0.2, -0.15) is 10.4 Å². The van der Waals surface area contributed by atoms with Gasteiger partial charge in [0.25, 0.3) is 0 Å².